The van der Waals surface area contributed by atoms with Crippen molar-refractivity contribution in [3.8, 4) is 11.5 Å². The van der Waals surface area contributed by atoms with Gasteiger partial charge in [0.05, 0.1) is 27.4 Å². The van der Waals surface area contributed by atoms with Gasteiger partial charge in [0.2, 0.25) is 0 Å². The van der Waals surface area contributed by atoms with Gasteiger partial charge in [0.25, 0.3) is 0 Å². The first-order valence-corrected chi connectivity index (χ1v) is 9.51. The number of rotatable bonds is 12. The number of benzene rings is 1. The first kappa shape index (κ1) is 26.7. The van der Waals surface area contributed by atoms with Crippen molar-refractivity contribution in [3.05, 3.63) is 23.8 Å². The van der Waals surface area contributed by atoms with Crippen LogP contribution in [-0.4, -0.2) is 58.1 Å². The van der Waals surface area contributed by atoms with Gasteiger partial charge >= 0.3 is 0 Å². The summed E-state index contributed by atoms with van der Waals surface area (Å²) in [4.78, 5) is 4.46. The third-order valence-electron chi connectivity index (χ3n) is 3.94. The number of methoxy groups -OCH3 is 2. The second-order valence-electron chi connectivity index (χ2n) is 6.56. The summed E-state index contributed by atoms with van der Waals surface area (Å²) in [7, 11) is 3.17. The number of nitrogens with zero attached hydrogens (tertiary/aromatic N) is 1. The van der Waals surface area contributed by atoms with E-state index in [9.17, 15) is 5.11 Å². The Kier molecular flexibility index (Phi) is 14.9. The van der Waals surface area contributed by atoms with Crippen LogP contribution in [0.5, 0.6) is 11.5 Å². The zero-order chi connectivity index (χ0) is 20.1. The Bertz CT molecular complexity index is 570. The van der Waals surface area contributed by atoms with E-state index in [-0.39, 0.29) is 30.5 Å². The third-order valence-corrected chi connectivity index (χ3v) is 3.94. The summed E-state index contributed by atoms with van der Waals surface area (Å²) in [5, 5.41) is 16.9. The molecule has 0 aliphatic rings. The number of aliphatic hydroxyl groups is 1. The fourth-order valence-electron chi connectivity index (χ4n) is 2.38. The summed E-state index contributed by atoms with van der Waals surface area (Å²) in [5.74, 6) is 2.56. The predicted molar refractivity (Wildman–Crippen MR) is 124 cm³/mol. The molecule has 3 N–H and O–H groups in total. The van der Waals surface area contributed by atoms with Crippen molar-refractivity contribution in [1.29, 1.82) is 0 Å². The highest BCUT2D eigenvalue weighted by atomic mass is 127. The van der Waals surface area contributed by atoms with Crippen molar-refractivity contribution >= 4 is 29.9 Å². The number of ether oxygens (including phenoxy) is 3. The number of aliphatic imine (C=N–C) groups is 1. The highest BCUT2D eigenvalue weighted by Crippen LogP contribution is 2.29. The van der Waals surface area contributed by atoms with Crippen LogP contribution in [0.1, 0.15) is 38.9 Å². The number of nitrogens with one attached hydrogen (secondary N) is 2. The first-order valence-electron chi connectivity index (χ1n) is 9.51. The normalized spacial score (nSPS) is 12.3. The lowest BCUT2D eigenvalue weighted by molar-refractivity contribution is 0.128. The van der Waals surface area contributed by atoms with E-state index < -0.39 is 6.10 Å². The smallest absolute Gasteiger partial charge is 0.191 e. The van der Waals surface area contributed by atoms with Crippen LogP contribution < -0.4 is 20.1 Å². The van der Waals surface area contributed by atoms with Gasteiger partial charge in [0.15, 0.2) is 5.96 Å². The lowest BCUT2D eigenvalue weighted by Gasteiger charge is -2.16. The molecule has 0 spiro atoms. The summed E-state index contributed by atoms with van der Waals surface area (Å²) in [6, 6.07) is 5.34. The summed E-state index contributed by atoms with van der Waals surface area (Å²) >= 11 is 0. The molecule has 8 heteroatoms. The van der Waals surface area contributed by atoms with Crippen LogP contribution in [0.4, 0.5) is 0 Å². The summed E-state index contributed by atoms with van der Waals surface area (Å²) in [6.07, 6.45) is 0.260. The van der Waals surface area contributed by atoms with Crippen LogP contribution in [0, 0.1) is 5.92 Å². The Balaban J connectivity index is 0.00000729. The van der Waals surface area contributed by atoms with Crippen LogP contribution in [0.15, 0.2) is 23.2 Å². The monoisotopic (exact) mass is 509 g/mol. The molecule has 0 saturated carbocycles. The van der Waals surface area contributed by atoms with Crippen molar-refractivity contribution < 1.29 is 19.3 Å². The van der Waals surface area contributed by atoms with Gasteiger partial charge in [-0.3, -0.25) is 4.99 Å². The SMILES string of the molecule is CCNC(=NCC(O)c1cc(OC)ccc1OC)NCCOCCC(C)C.I. The van der Waals surface area contributed by atoms with Gasteiger partial charge in [-0.1, -0.05) is 13.8 Å². The molecule has 0 aliphatic heterocycles. The number of hydrogen-bond acceptors (Lipinski definition) is 5. The molecule has 0 heterocycles. The zero-order valence-corrected chi connectivity index (χ0v) is 20.0. The minimum absolute atomic E-state index is 0. The fraction of sp³-hybridized carbons (Fsp3) is 0.650. The second-order valence-corrected chi connectivity index (χ2v) is 6.56. The quantitative estimate of drug-likeness (QED) is 0.174. The molecule has 0 fully saturated rings. The average Bonchev–Trinajstić information content (AvgIpc) is 2.67. The first-order chi connectivity index (χ1) is 13.0. The Hall–Kier alpha value is -1.26. The molecule has 28 heavy (non-hydrogen) atoms. The molecule has 0 aliphatic carbocycles. The highest BCUT2D eigenvalue weighted by molar-refractivity contribution is 14.0. The van der Waals surface area contributed by atoms with Gasteiger partial charge < -0.3 is 30.0 Å². The minimum atomic E-state index is -0.798. The Labute approximate surface area is 186 Å². The second kappa shape index (κ2) is 15.6. The van der Waals surface area contributed by atoms with E-state index in [1.54, 1.807) is 32.4 Å². The van der Waals surface area contributed by atoms with Crippen LogP contribution in [-0.2, 0) is 4.74 Å². The molecule has 0 aromatic heterocycles. The Morgan fingerprint density at radius 3 is 2.50 bits per heavy atom. The van der Waals surface area contributed by atoms with Gasteiger partial charge in [0.1, 0.15) is 17.6 Å². The number of aliphatic hydroxyl groups excluding tert-OH is 1. The van der Waals surface area contributed by atoms with Crippen molar-refractivity contribution in [2.45, 2.75) is 33.3 Å². The van der Waals surface area contributed by atoms with E-state index >= 15 is 0 Å². The van der Waals surface area contributed by atoms with E-state index in [0.29, 0.717) is 42.1 Å². The van der Waals surface area contributed by atoms with Gasteiger partial charge in [0, 0.05) is 25.3 Å². The van der Waals surface area contributed by atoms with E-state index in [0.717, 1.165) is 19.6 Å². The molecule has 0 saturated heterocycles. The van der Waals surface area contributed by atoms with Crippen molar-refractivity contribution in [2.75, 3.05) is 47.1 Å². The zero-order valence-electron chi connectivity index (χ0n) is 17.7. The Morgan fingerprint density at radius 2 is 1.89 bits per heavy atom. The number of halogens is 1. The molecule has 7 nitrogen and oxygen atoms in total. The van der Waals surface area contributed by atoms with Crippen molar-refractivity contribution in [2.24, 2.45) is 10.9 Å². The largest absolute Gasteiger partial charge is 0.497 e. The number of guanidine groups is 1. The van der Waals surface area contributed by atoms with Gasteiger partial charge in [-0.15, -0.1) is 24.0 Å². The molecule has 0 radical (unpaired) electrons. The molecule has 0 amide bonds. The lowest BCUT2D eigenvalue weighted by atomic mass is 10.1. The van der Waals surface area contributed by atoms with Gasteiger partial charge in [-0.2, -0.15) is 0 Å². The van der Waals surface area contributed by atoms with E-state index in [2.05, 4.69) is 29.5 Å². The lowest BCUT2D eigenvalue weighted by Crippen LogP contribution is -2.39. The van der Waals surface area contributed by atoms with E-state index in [1.807, 2.05) is 6.92 Å². The summed E-state index contributed by atoms with van der Waals surface area (Å²) in [5.41, 5.74) is 0.647. The highest BCUT2D eigenvalue weighted by Gasteiger charge is 2.14. The van der Waals surface area contributed by atoms with Crippen LogP contribution in [0.25, 0.3) is 0 Å². The third kappa shape index (κ3) is 10.3. The summed E-state index contributed by atoms with van der Waals surface area (Å²) in [6.45, 7) is 9.33. The molecular formula is C20H36IN3O4. The number of hydrogen-bond donors (Lipinski definition) is 3. The predicted octanol–water partition coefficient (Wildman–Crippen LogP) is 2.97. The van der Waals surface area contributed by atoms with Crippen LogP contribution in [0.3, 0.4) is 0 Å². The van der Waals surface area contributed by atoms with Crippen molar-refractivity contribution in [3.63, 3.8) is 0 Å². The molecule has 1 atom stereocenters. The maximum atomic E-state index is 10.5. The average molecular weight is 509 g/mol. The maximum absolute atomic E-state index is 10.5. The maximum Gasteiger partial charge on any atom is 0.191 e. The molecule has 1 rings (SSSR count). The molecule has 1 unspecified atom stereocenters. The van der Waals surface area contributed by atoms with E-state index in [1.165, 1.54) is 0 Å². The fourth-order valence-corrected chi connectivity index (χ4v) is 2.38. The standard InChI is InChI=1S/C20H35N3O4.HI/c1-6-21-20(22-10-12-27-11-9-15(2)3)23-14-18(24)17-13-16(25-4)7-8-19(17)26-5;/h7-8,13,15,18,24H,6,9-12,14H2,1-5H3,(H2,21,22,23);1H. The molecule has 0 bridgehead atoms. The van der Waals surface area contributed by atoms with Crippen molar-refractivity contribution in [1.82, 2.24) is 10.6 Å². The summed E-state index contributed by atoms with van der Waals surface area (Å²) < 4.78 is 16.2. The van der Waals surface area contributed by atoms with Gasteiger partial charge in [-0.05, 0) is 37.5 Å². The minimum Gasteiger partial charge on any atom is -0.497 e. The molecule has 1 aromatic carbocycles. The molecule has 162 valence electrons. The van der Waals surface area contributed by atoms with E-state index in [4.69, 9.17) is 14.2 Å². The Morgan fingerprint density at radius 1 is 1.14 bits per heavy atom. The topological polar surface area (TPSA) is 84.3 Å². The molecular weight excluding hydrogens is 473 g/mol. The molecule has 1 aromatic rings. The van der Waals surface area contributed by atoms with Gasteiger partial charge in [-0.25, -0.2) is 0 Å². The van der Waals surface area contributed by atoms with Crippen LogP contribution in [0.2, 0.25) is 0 Å². The van der Waals surface area contributed by atoms with Crippen LogP contribution >= 0.6 is 24.0 Å².